The molecule has 1 rings (SSSR count). The lowest BCUT2D eigenvalue weighted by Crippen LogP contribution is -2.64. The summed E-state index contributed by atoms with van der Waals surface area (Å²) in [5.74, 6) is -2.05. The Balaban J connectivity index is 3.15. The van der Waals surface area contributed by atoms with E-state index in [1.165, 1.54) is 0 Å². The zero-order valence-electron chi connectivity index (χ0n) is 12.9. The Hall–Kier alpha value is -2.36. The van der Waals surface area contributed by atoms with Crippen LogP contribution in [-0.2, 0) is 33.3 Å². The third kappa shape index (κ3) is 5.40. The van der Waals surface area contributed by atoms with E-state index in [1.807, 2.05) is 0 Å². The number of nitrogens with two attached hydrogens (primary N) is 1. The Morgan fingerprint density at radius 3 is 2.00 bits per heavy atom. The molecule has 128 valence electrons. The average molecular weight is 330 g/mol. The molecule has 0 bridgehead atoms. The van der Waals surface area contributed by atoms with Gasteiger partial charge in [-0.25, -0.2) is 0 Å². The molecule has 2 N–H and O–H groups in total. The van der Waals surface area contributed by atoms with E-state index in [4.69, 9.17) is 30.2 Å². The SMILES string of the molecule is CC(=O)O[C@@H]1[C@@H](OC(C)=O)[C@H](N)O[C@H](CN=[N+]=[N-])[C@H]1OC(C)=O. The minimum Gasteiger partial charge on any atom is -0.456 e. The van der Waals surface area contributed by atoms with Gasteiger partial charge in [0.2, 0.25) is 0 Å². The number of carbonyl (C=O) groups excluding carboxylic acids is 3. The van der Waals surface area contributed by atoms with Gasteiger partial charge >= 0.3 is 17.9 Å². The number of azide groups is 1. The van der Waals surface area contributed by atoms with Crippen LogP contribution in [-0.4, -0.2) is 55.1 Å². The molecule has 0 aromatic heterocycles. The van der Waals surface area contributed by atoms with Gasteiger partial charge in [-0.3, -0.25) is 14.4 Å². The first-order valence-corrected chi connectivity index (χ1v) is 6.69. The van der Waals surface area contributed by atoms with Crippen LogP contribution in [0.1, 0.15) is 20.8 Å². The molecule has 0 saturated carbocycles. The van der Waals surface area contributed by atoms with Crippen molar-refractivity contribution in [2.24, 2.45) is 10.8 Å². The summed E-state index contributed by atoms with van der Waals surface area (Å²) >= 11 is 0. The maximum atomic E-state index is 11.3. The van der Waals surface area contributed by atoms with Crippen molar-refractivity contribution in [1.82, 2.24) is 0 Å². The number of ether oxygens (including phenoxy) is 4. The fourth-order valence-corrected chi connectivity index (χ4v) is 2.19. The summed E-state index contributed by atoms with van der Waals surface area (Å²) in [5, 5.41) is 3.35. The smallest absolute Gasteiger partial charge is 0.303 e. The van der Waals surface area contributed by atoms with E-state index in [0.717, 1.165) is 20.8 Å². The van der Waals surface area contributed by atoms with Crippen molar-refractivity contribution < 1.29 is 33.3 Å². The van der Waals surface area contributed by atoms with E-state index in [-0.39, 0.29) is 6.54 Å². The van der Waals surface area contributed by atoms with E-state index in [0.29, 0.717) is 0 Å². The molecule has 5 atom stereocenters. The van der Waals surface area contributed by atoms with Gasteiger partial charge in [-0.15, -0.1) is 0 Å². The molecule has 0 aliphatic carbocycles. The standard InChI is InChI=1S/C12H18N4O7/c1-5(17)20-9-8(4-15-16-14)23-12(13)11(22-7(3)19)10(9)21-6(2)18/h8-12H,4,13H2,1-3H3/t8-,9-,10+,11-,12-/m1/s1. The normalized spacial score (nSPS) is 29.8. The number of carbonyl (C=O) groups is 3. The van der Waals surface area contributed by atoms with Crippen LogP contribution >= 0.6 is 0 Å². The molecule has 23 heavy (non-hydrogen) atoms. The van der Waals surface area contributed by atoms with Gasteiger partial charge in [0.05, 0.1) is 6.54 Å². The predicted molar refractivity (Wildman–Crippen MR) is 73.5 cm³/mol. The van der Waals surface area contributed by atoms with Gasteiger partial charge in [-0.05, 0) is 5.53 Å². The van der Waals surface area contributed by atoms with Crippen molar-refractivity contribution in [2.75, 3.05) is 6.54 Å². The second-order valence-electron chi connectivity index (χ2n) is 4.77. The number of rotatable bonds is 5. The van der Waals surface area contributed by atoms with E-state index in [2.05, 4.69) is 10.0 Å². The predicted octanol–water partition coefficient (Wildman–Crippen LogP) is -0.225. The molecule has 0 aromatic rings. The van der Waals surface area contributed by atoms with Crippen molar-refractivity contribution in [3.05, 3.63) is 10.4 Å². The molecule has 0 spiro atoms. The number of nitrogens with zero attached hydrogens (tertiary/aromatic N) is 3. The zero-order chi connectivity index (χ0) is 17.6. The van der Waals surface area contributed by atoms with Crippen molar-refractivity contribution in [3.63, 3.8) is 0 Å². The summed E-state index contributed by atoms with van der Waals surface area (Å²) < 4.78 is 20.6. The van der Waals surface area contributed by atoms with Gasteiger partial charge in [-0.1, -0.05) is 5.11 Å². The fourth-order valence-electron chi connectivity index (χ4n) is 2.19. The second kappa shape index (κ2) is 8.32. The lowest BCUT2D eigenvalue weighted by atomic mass is 9.97. The van der Waals surface area contributed by atoms with Crippen LogP contribution in [0, 0.1) is 0 Å². The molecule has 11 heteroatoms. The van der Waals surface area contributed by atoms with Crippen molar-refractivity contribution in [3.8, 4) is 0 Å². The van der Waals surface area contributed by atoms with Crippen LogP contribution in [0.2, 0.25) is 0 Å². The molecule has 1 aliphatic rings. The van der Waals surface area contributed by atoms with Gasteiger partial charge in [0, 0.05) is 25.7 Å². The van der Waals surface area contributed by atoms with Crippen molar-refractivity contribution in [2.45, 2.75) is 51.4 Å². The first-order chi connectivity index (χ1) is 10.8. The zero-order valence-corrected chi connectivity index (χ0v) is 12.9. The van der Waals surface area contributed by atoms with E-state index in [9.17, 15) is 14.4 Å². The van der Waals surface area contributed by atoms with Crippen LogP contribution < -0.4 is 5.73 Å². The summed E-state index contributed by atoms with van der Waals surface area (Å²) in [6, 6.07) is 0. The van der Waals surface area contributed by atoms with Crippen molar-refractivity contribution >= 4 is 17.9 Å². The topological polar surface area (TPSA) is 163 Å². The minimum atomic E-state index is -1.19. The molecule has 1 aliphatic heterocycles. The molecule has 1 saturated heterocycles. The fraction of sp³-hybridized carbons (Fsp3) is 0.750. The highest BCUT2D eigenvalue weighted by Crippen LogP contribution is 2.27. The number of hydrogen-bond acceptors (Lipinski definition) is 9. The molecule has 0 radical (unpaired) electrons. The summed E-state index contributed by atoms with van der Waals surface area (Å²) in [6.45, 7) is 3.21. The third-order valence-corrected chi connectivity index (χ3v) is 2.90. The quantitative estimate of drug-likeness (QED) is 0.237. The van der Waals surface area contributed by atoms with Crippen LogP contribution in [0.25, 0.3) is 10.4 Å². The van der Waals surface area contributed by atoms with Crippen LogP contribution in [0.3, 0.4) is 0 Å². The molecular weight excluding hydrogens is 312 g/mol. The molecular formula is C12H18N4O7. The highest BCUT2D eigenvalue weighted by atomic mass is 16.6. The van der Waals surface area contributed by atoms with Gasteiger partial charge in [0.15, 0.2) is 18.3 Å². The molecule has 1 heterocycles. The lowest BCUT2D eigenvalue weighted by molar-refractivity contribution is -0.243. The highest BCUT2D eigenvalue weighted by Gasteiger charge is 2.50. The summed E-state index contributed by atoms with van der Waals surface area (Å²) in [7, 11) is 0. The van der Waals surface area contributed by atoms with Crippen LogP contribution in [0.4, 0.5) is 0 Å². The van der Waals surface area contributed by atoms with Gasteiger partial charge in [0.25, 0.3) is 0 Å². The summed E-state index contributed by atoms with van der Waals surface area (Å²) in [5.41, 5.74) is 14.2. The van der Waals surface area contributed by atoms with Crippen molar-refractivity contribution in [1.29, 1.82) is 0 Å². The molecule has 0 aromatic carbocycles. The first kappa shape index (κ1) is 18.7. The average Bonchev–Trinajstić information content (AvgIpc) is 2.42. The molecule has 1 fully saturated rings. The Bertz CT molecular complexity index is 520. The number of esters is 3. The minimum absolute atomic E-state index is 0.216. The monoisotopic (exact) mass is 330 g/mol. The van der Waals surface area contributed by atoms with Gasteiger partial charge in [-0.2, -0.15) is 0 Å². The Morgan fingerprint density at radius 1 is 1.04 bits per heavy atom. The maximum Gasteiger partial charge on any atom is 0.303 e. The molecule has 0 amide bonds. The largest absolute Gasteiger partial charge is 0.456 e. The van der Waals surface area contributed by atoms with E-state index < -0.39 is 48.6 Å². The Kier molecular flexibility index (Phi) is 6.76. The maximum absolute atomic E-state index is 11.3. The molecule has 11 nitrogen and oxygen atoms in total. The summed E-state index contributed by atoms with van der Waals surface area (Å²) in [6.07, 6.45) is -5.63. The third-order valence-electron chi connectivity index (χ3n) is 2.90. The Morgan fingerprint density at radius 2 is 1.52 bits per heavy atom. The van der Waals surface area contributed by atoms with Crippen LogP contribution in [0.5, 0.6) is 0 Å². The summed E-state index contributed by atoms with van der Waals surface area (Å²) in [4.78, 5) is 36.5. The Labute approximate surface area is 131 Å². The van der Waals surface area contributed by atoms with Gasteiger partial charge in [0.1, 0.15) is 12.3 Å². The highest BCUT2D eigenvalue weighted by molar-refractivity contribution is 5.68. The number of hydrogen-bond donors (Lipinski definition) is 1. The lowest BCUT2D eigenvalue weighted by Gasteiger charge is -2.43. The molecule has 0 unspecified atom stereocenters. The second-order valence-corrected chi connectivity index (χ2v) is 4.77. The first-order valence-electron chi connectivity index (χ1n) is 6.69. The van der Waals surface area contributed by atoms with Gasteiger partial charge < -0.3 is 24.7 Å². The van der Waals surface area contributed by atoms with Crippen LogP contribution in [0.15, 0.2) is 5.11 Å². The van der Waals surface area contributed by atoms with E-state index in [1.54, 1.807) is 0 Å². The van der Waals surface area contributed by atoms with E-state index >= 15 is 0 Å².